The van der Waals surface area contributed by atoms with E-state index in [1.807, 2.05) is 30.3 Å². The number of benzene rings is 2. The highest BCUT2D eigenvalue weighted by Gasteiger charge is 2.15. The number of fused-ring (bicyclic) bond motifs is 1. The van der Waals surface area contributed by atoms with E-state index in [1.54, 1.807) is 31.2 Å². The van der Waals surface area contributed by atoms with Crippen molar-refractivity contribution < 1.29 is 9.53 Å². The van der Waals surface area contributed by atoms with Crippen LogP contribution in [0.1, 0.15) is 11.1 Å². The number of carbonyl (C=O) groups excluding carboxylic acids is 1. The number of pyridine rings is 1. The molecule has 3 aromatic rings. The van der Waals surface area contributed by atoms with Crippen molar-refractivity contribution in [3.05, 3.63) is 76.1 Å². The van der Waals surface area contributed by atoms with Crippen LogP contribution >= 0.6 is 0 Å². The summed E-state index contributed by atoms with van der Waals surface area (Å²) >= 11 is 0. The highest BCUT2D eigenvalue weighted by atomic mass is 16.5. The Morgan fingerprint density at radius 1 is 1.13 bits per heavy atom. The number of carbonyl (C=O) groups is 1. The van der Waals surface area contributed by atoms with Gasteiger partial charge in [-0.25, -0.2) is 9.36 Å². The van der Waals surface area contributed by atoms with Gasteiger partial charge in [0, 0.05) is 11.3 Å². The number of nitrogens with two attached hydrogens (primary N) is 1. The molecule has 0 saturated carbocycles. The molecule has 0 atom stereocenters. The van der Waals surface area contributed by atoms with Crippen molar-refractivity contribution in [1.29, 1.82) is 0 Å². The standard InChI is InChI=1S/C18H16N2O3/c1-12-9-14-7-8-15(19)10-16(14)20(17(12)21)18(22)23-11-13-5-3-2-4-6-13/h2-10H,11,19H2,1H3. The third kappa shape index (κ3) is 2.94. The molecule has 5 heteroatoms. The van der Waals surface area contributed by atoms with E-state index < -0.39 is 11.7 Å². The quantitative estimate of drug-likeness (QED) is 0.738. The molecule has 2 aromatic carbocycles. The van der Waals surface area contributed by atoms with Crippen molar-refractivity contribution in [2.24, 2.45) is 0 Å². The molecule has 0 amide bonds. The van der Waals surface area contributed by atoms with Gasteiger partial charge in [-0.3, -0.25) is 4.79 Å². The lowest BCUT2D eigenvalue weighted by molar-refractivity contribution is 0.141. The van der Waals surface area contributed by atoms with Crippen LogP contribution in [0.2, 0.25) is 0 Å². The lowest BCUT2D eigenvalue weighted by Crippen LogP contribution is -2.29. The maximum absolute atomic E-state index is 12.4. The number of ether oxygens (including phenoxy) is 1. The van der Waals surface area contributed by atoms with Gasteiger partial charge in [0.2, 0.25) is 0 Å². The van der Waals surface area contributed by atoms with Crippen LogP contribution in [0.15, 0.2) is 59.4 Å². The first-order chi connectivity index (χ1) is 11.1. The molecule has 2 N–H and O–H groups in total. The minimum Gasteiger partial charge on any atom is -0.444 e. The number of rotatable bonds is 2. The van der Waals surface area contributed by atoms with Gasteiger partial charge < -0.3 is 10.5 Å². The van der Waals surface area contributed by atoms with Gasteiger partial charge in [0.1, 0.15) is 6.61 Å². The predicted octanol–water partition coefficient (Wildman–Crippen LogP) is 3.08. The molecule has 0 radical (unpaired) electrons. The number of aryl methyl sites for hydroxylation is 1. The summed E-state index contributed by atoms with van der Waals surface area (Å²) in [6.45, 7) is 1.77. The van der Waals surface area contributed by atoms with Crippen molar-refractivity contribution in [3.8, 4) is 0 Å². The summed E-state index contributed by atoms with van der Waals surface area (Å²) in [4.78, 5) is 24.8. The van der Waals surface area contributed by atoms with Crippen molar-refractivity contribution in [2.75, 3.05) is 5.73 Å². The van der Waals surface area contributed by atoms with Gasteiger partial charge >= 0.3 is 6.09 Å². The molecule has 1 aromatic heterocycles. The van der Waals surface area contributed by atoms with Crippen LogP contribution in [-0.2, 0) is 11.3 Å². The molecule has 5 nitrogen and oxygen atoms in total. The topological polar surface area (TPSA) is 74.3 Å². The third-order valence-corrected chi connectivity index (χ3v) is 3.60. The molecule has 1 heterocycles. The normalized spacial score (nSPS) is 10.7. The van der Waals surface area contributed by atoms with E-state index in [-0.39, 0.29) is 6.61 Å². The number of aromatic nitrogens is 1. The predicted molar refractivity (Wildman–Crippen MR) is 89.4 cm³/mol. The Labute approximate surface area is 132 Å². The average Bonchev–Trinajstić information content (AvgIpc) is 2.55. The number of hydrogen-bond donors (Lipinski definition) is 1. The lowest BCUT2D eigenvalue weighted by Gasteiger charge is -2.11. The summed E-state index contributed by atoms with van der Waals surface area (Å²) in [6, 6.07) is 16.1. The minimum absolute atomic E-state index is 0.101. The Morgan fingerprint density at radius 2 is 1.87 bits per heavy atom. The Kier molecular flexibility index (Phi) is 3.85. The molecular formula is C18H16N2O3. The highest BCUT2D eigenvalue weighted by Crippen LogP contribution is 2.17. The molecule has 23 heavy (non-hydrogen) atoms. The van der Waals surface area contributed by atoms with E-state index in [2.05, 4.69) is 0 Å². The first kappa shape index (κ1) is 14.8. The molecule has 0 aliphatic carbocycles. The second kappa shape index (κ2) is 5.96. The maximum atomic E-state index is 12.4. The molecule has 0 aliphatic heterocycles. The van der Waals surface area contributed by atoms with Gasteiger partial charge in [0.05, 0.1) is 5.52 Å². The molecule has 0 saturated heterocycles. The monoisotopic (exact) mass is 308 g/mol. The molecule has 3 rings (SSSR count). The highest BCUT2D eigenvalue weighted by molar-refractivity contribution is 5.90. The van der Waals surface area contributed by atoms with Crippen molar-refractivity contribution in [1.82, 2.24) is 4.57 Å². The first-order valence-electron chi connectivity index (χ1n) is 7.19. The third-order valence-electron chi connectivity index (χ3n) is 3.60. The average molecular weight is 308 g/mol. The summed E-state index contributed by atoms with van der Waals surface area (Å²) in [5.41, 5.74) is 7.62. The van der Waals surface area contributed by atoms with Crippen LogP contribution < -0.4 is 11.3 Å². The van der Waals surface area contributed by atoms with Crippen LogP contribution in [0.5, 0.6) is 0 Å². The molecule has 116 valence electrons. The van der Waals surface area contributed by atoms with Crippen LogP contribution in [0.25, 0.3) is 10.9 Å². The smallest absolute Gasteiger partial charge is 0.421 e. The summed E-state index contributed by atoms with van der Waals surface area (Å²) in [6.07, 6.45) is -0.710. The Balaban J connectivity index is 2.01. The number of nitrogen functional groups attached to an aromatic ring is 1. The van der Waals surface area contributed by atoms with Gasteiger partial charge in [0.15, 0.2) is 0 Å². The first-order valence-corrected chi connectivity index (χ1v) is 7.19. The van der Waals surface area contributed by atoms with Gasteiger partial charge in [-0.1, -0.05) is 36.4 Å². The molecule has 0 bridgehead atoms. The van der Waals surface area contributed by atoms with Gasteiger partial charge in [-0.2, -0.15) is 0 Å². The SMILES string of the molecule is Cc1cc2ccc(N)cc2n(C(=O)OCc2ccccc2)c1=O. The number of hydrogen-bond acceptors (Lipinski definition) is 4. The molecule has 0 aliphatic rings. The lowest BCUT2D eigenvalue weighted by atomic mass is 10.1. The summed E-state index contributed by atoms with van der Waals surface area (Å²) in [7, 11) is 0. The van der Waals surface area contributed by atoms with Crippen molar-refractivity contribution >= 4 is 22.7 Å². The fourth-order valence-electron chi connectivity index (χ4n) is 2.42. The zero-order valence-electron chi connectivity index (χ0n) is 12.7. The molecule has 0 fully saturated rings. The van der Waals surface area contributed by atoms with E-state index >= 15 is 0 Å². The fraction of sp³-hybridized carbons (Fsp3) is 0.111. The van der Waals surface area contributed by atoms with Crippen molar-refractivity contribution in [3.63, 3.8) is 0 Å². The Bertz CT molecular complexity index is 930. The Hall–Kier alpha value is -3.08. The van der Waals surface area contributed by atoms with Gasteiger partial charge in [-0.15, -0.1) is 0 Å². The largest absolute Gasteiger partial charge is 0.444 e. The maximum Gasteiger partial charge on any atom is 0.421 e. The molecule has 0 spiro atoms. The second-order valence-electron chi connectivity index (χ2n) is 5.33. The van der Waals surface area contributed by atoms with E-state index in [0.717, 1.165) is 15.5 Å². The molecule has 0 unspecified atom stereocenters. The van der Waals surface area contributed by atoms with Crippen LogP contribution in [-0.4, -0.2) is 10.7 Å². The van der Waals surface area contributed by atoms with Gasteiger partial charge in [-0.05, 0) is 36.1 Å². The van der Waals surface area contributed by atoms with E-state index in [4.69, 9.17) is 10.5 Å². The van der Waals surface area contributed by atoms with Crippen LogP contribution in [0.3, 0.4) is 0 Å². The minimum atomic E-state index is -0.710. The van der Waals surface area contributed by atoms with Crippen molar-refractivity contribution in [2.45, 2.75) is 13.5 Å². The number of nitrogens with zero attached hydrogens (tertiary/aromatic N) is 1. The van der Waals surface area contributed by atoms with Crippen LogP contribution in [0.4, 0.5) is 10.5 Å². The Morgan fingerprint density at radius 3 is 2.61 bits per heavy atom. The van der Waals surface area contributed by atoms with Gasteiger partial charge in [0.25, 0.3) is 5.56 Å². The summed E-state index contributed by atoms with van der Waals surface area (Å²) in [5.74, 6) is 0. The van der Waals surface area contributed by atoms with E-state index in [1.165, 1.54) is 0 Å². The zero-order valence-corrected chi connectivity index (χ0v) is 12.7. The van der Waals surface area contributed by atoms with E-state index in [0.29, 0.717) is 16.8 Å². The fourth-order valence-corrected chi connectivity index (χ4v) is 2.42. The molecular weight excluding hydrogens is 292 g/mol. The zero-order chi connectivity index (χ0) is 16.4. The summed E-state index contributed by atoms with van der Waals surface area (Å²) < 4.78 is 6.31. The second-order valence-corrected chi connectivity index (χ2v) is 5.33. The summed E-state index contributed by atoms with van der Waals surface area (Å²) in [5, 5.41) is 0.757. The number of anilines is 1. The van der Waals surface area contributed by atoms with Crippen LogP contribution in [0, 0.1) is 6.92 Å². The van der Waals surface area contributed by atoms with E-state index in [9.17, 15) is 9.59 Å².